The third-order valence-corrected chi connectivity index (χ3v) is 4.93. The molecule has 24 heavy (non-hydrogen) atoms. The molecule has 0 radical (unpaired) electrons. The molecule has 0 unspecified atom stereocenters. The summed E-state index contributed by atoms with van der Waals surface area (Å²) < 4.78 is 27.2. The second-order valence-electron chi connectivity index (χ2n) is 5.60. The summed E-state index contributed by atoms with van der Waals surface area (Å²) in [5.41, 5.74) is 2.72. The first-order chi connectivity index (χ1) is 11.4. The molecule has 0 saturated heterocycles. The van der Waals surface area contributed by atoms with Gasteiger partial charge >= 0.3 is 0 Å². The maximum atomic E-state index is 12.3. The molecule has 0 bridgehead atoms. The van der Waals surface area contributed by atoms with Gasteiger partial charge in [0.2, 0.25) is 15.9 Å². The SMILES string of the molecule is CCCc1ccc(CNS(=O)(=O)c2ccc(NC(C)=O)cc2)cc1. The van der Waals surface area contributed by atoms with E-state index in [0.29, 0.717) is 5.69 Å². The summed E-state index contributed by atoms with van der Waals surface area (Å²) in [6.45, 7) is 3.76. The Bertz CT molecular complexity index is 782. The number of amides is 1. The molecule has 2 aromatic carbocycles. The average Bonchev–Trinajstić information content (AvgIpc) is 2.54. The minimum Gasteiger partial charge on any atom is -0.326 e. The normalized spacial score (nSPS) is 11.2. The standard InChI is InChI=1S/C18H22N2O3S/c1-3-4-15-5-7-16(8-6-15)13-19-24(22,23)18-11-9-17(10-12-18)20-14(2)21/h5-12,19H,3-4,13H2,1-2H3,(H,20,21). The van der Waals surface area contributed by atoms with Crippen LogP contribution in [0.5, 0.6) is 0 Å². The Labute approximate surface area is 143 Å². The minimum atomic E-state index is -3.59. The van der Waals surface area contributed by atoms with Crippen LogP contribution in [0.25, 0.3) is 0 Å². The van der Waals surface area contributed by atoms with Crippen molar-refractivity contribution < 1.29 is 13.2 Å². The summed E-state index contributed by atoms with van der Waals surface area (Å²) in [4.78, 5) is 11.1. The molecule has 0 spiro atoms. The van der Waals surface area contributed by atoms with Crippen LogP contribution in [-0.4, -0.2) is 14.3 Å². The molecule has 0 fully saturated rings. The lowest BCUT2D eigenvalue weighted by atomic mass is 10.1. The summed E-state index contributed by atoms with van der Waals surface area (Å²) in [6.07, 6.45) is 2.10. The number of aryl methyl sites for hydroxylation is 1. The molecule has 6 heteroatoms. The fraction of sp³-hybridized carbons (Fsp3) is 0.278. The third-order valence-electron chi connectivity index (χ3n) is 3.51. The number of rotatable bonds is 7. The maximum absolute atomic E-state index is 12.3. The zero-order valence-corrected chi connectivity index (χ0v) is 14.7. The molecule has 2 rings (SSSR count). The second kappa shape index (κ2) is 8.08. The Morgan fingerprint density at radius 3 is 2.08 bits per heavy atom. The van der Waals surface area contributed by atoms with Gasteiger partial charge in [-0.05, 0) is 41.8 Å². The molecule has 0 atom stereocenters. The van der Waals surface area contributed by atoms with Crippen LogP contribution in [0.4, 0.5) is 5.69 Å². The van der Waals surface area contributed by atoms with Gasteiger partial charge in [-0.2, -0.15) is 0 Å². The van der Waals surface area contributed by atoms with Gasteiger partial charge in [0.25, 0.3) is 0 Å². The fourth-order valence-corrected chi connectivity index (χ4v) is 3.31. The van der Waals surface area contributed by atoms with Gasteiger partial charge in [0, 0.05) is 19.2 Å². The van der Waals surface area contributed by atoms with Gasteiger partial charge in [-0.1, -0.05) is 37.6 Å². The quantitative estimate of drug-likeness (QED) is 0.809. The number of carbonyl (C=O) groups is 1. The lowest BCUT2D eigenvalue weighted by Crippen LogP contribution is -2.23. The molecule has 0 aromatic heterocycles. The zero-order valence-electron chi connectivity index (χ0n) is 13.9. The lowest BCUT2D eigenvalue weighted by Gasteiger charge is -2.09. The smallest absolute Gasteiger partial charge is 0.240 e. The van der Waals surface area contributed by atoms with E-state index < -0.39 is 10.0 Å². The maximum Gasteiger partial charge on any atom is 0.240 e. The Morgan fingerprint density at radius 1 is 0.958 bits per heavy atom. The largest absolute Gasteiger partial charge is 0.326 e. The highest BCUT2D eigenvalue weighted by molar-refractivity contribution is 7.89. The van der Waals surface area contributed by atoms with Crippen molar-refractivity contribution in [2.24, 2.45) is 0 Å². The van der Waals surface area contributed by atoms with Crippen molar-refractivity contribution in [2.45, 2.75) is 38.1 Å². The van der Waals surface area contributed by atoms with E-state index in [9.17, 15) is 13.2 Å². The van der Waals surface area contributed by atoms with E-state index in [1.54, 1.807) is 12.1 Å². The molecule has 5 nitrogen and oxygen atoms in total. The average molecular weight is 346 g/mol. The number of hydrogen-bond acceptors (Lipinski definition) is 3. The molecule has 0 heterocycles. The highest BCUT2D eigenvalue weighted by Gasteiger charge is 2.13. The van der Waals surface area contributed by atoms with Gasteiger partial charge in [-0.15, -0.1) is 0 Å². The Hall–Kier alpha value is -2.18. The summed E-state index contributed by atoms with van der Waals surface area (Å²) >= 11 is 0. The van der Waals surface area contributed by atoms with Gasteiger partial charge in [0.1, 0.15) is 0 Å². The summed E-state index contributed by atoms with van der Waals surface area (Å²) in [5.74, 6) is -0.199. The van der Waals surface area contributed by atoms with Crippen LogP contribution in [0.3, 0.4) is 0 Å². The highest BCUT2D eigenvalue weighted by Crippen LogP contribution is 2.15. The van der Waals surface area contributed by atoms with Crippen molar-refractivity contribution in [2.75, 3.05) is 5.32 Å². The van der Waals surface area contributed by atoms with Gasteiger partial charge in [0.05, 0.1) is 4.90 Å². The van der Waals surface area contributed by atoms with Gasteiger partial charge in [0.15, 0.2) is 0 Å². The molecule has 0 saturated carbocycles. The zero-order chi connectivity index (χ0) is 17.6. The van der Waals surface area contributed by atoms with Crippen LogP contribution >= 0.6 is 0 Å². The van der Waals surface area contributed by atoms with Crippen LogP contribution in [0.2, 0.25) is 0 Å². The molecule has 0 aliphatic heterocycles. The van der Waals surface area contributed by atoms with Crippen LogP contribution in [0, 0.1) is 0 Å². The first-order valence-corrected chi connectivity index (χ1v) is 9.34. The van der Waals surface area contributed by atoms with E-state index in [-0.39, 0.29) is 17.3 Å². The second-order valence-corrected chi connectivity index (χ2v) is 7.36. The fourth-order valence-electron chi connectivity index (χ4n) is 2.29. The van der Waals surface area contributed by atoms with E-state index in [4.69, 9.17) is 0 Å². The van der Waals surface area contributed by atoms with Gasteiger partial charge in [-0.3, -0.25) is 4.79 Å². The Morgan fingerprint density at radius 2 is 1.54 bits per heavy atom. The van der Waals surface area contributed by atoms with Crippen LogP contribution in [-0.2, 0) is 27.8 Å². The van der Waals surface area contributed by atoms with E-state index in [1.165, 1.54) is 24.6 Å². The molecule has 1 amide bonds. The Kier molecular flexibility index (Phi) is 6.11. The topological polar surface area (TPSA) is 75.3 Å². The highest BCUT2D eigenvalue weighted by atomic mass is 32.2. The van der Waals surface area contributed by atoms with Crippen molar-refractivity contribution in [3.05, 3.63) is 59.7 Å². The molecule has 0 aliphatic carbocycles. The number of hydrogen-bond donors (Lipinski definition) is 2. The van der Waals surface area contributed by atoms with Crippen molar-refractivity contribution in [1.29, 1.82) is 0 Å². The number of nitrogens with one attached hydrogen (secondary N) is 2. The first kappa shape index (κ1) is 18.2. The first-order valence-electron chi connectivity index (χ1n) is 7.86. The molecular formula is C18H22N2O3S. The van der Waals surface area contributed by atoms with Crippen molar-refractivity contribution >= 4 is 21.6 Å². The van der Waals surface area contributed by atoms with E-state index in [0.717, 1.165) is 18.4 Å². The summed E-state index contributed by atoms with van der Waals surface area (Å²) in [5, 5.41) is 2.60. The molecule has 2 aromatic rings. The molecular weight excluding hydrogens is 324 g/mol. The molecule has 2 N–H and O–H groups in total. The molecule has 0 aliphatic rings. The van der Waals surface area contributed by atoms with E-state index in [1.807, 2.05) is 24.3 Å². The van der Waals surface area contributed by atoms with E-state index >= 15 is 0 Å². The number of anilines is 1. The van der Waals surface area contributed by atoms with Crippen LogP contribution in [0.1, 0.15) is 31.4 Å². The lowest BCUT2D eigenvalue weighted by molar-refractivity contribution is -0.114. The van der Waals surface area contributed by atoms with Gasteiger partial charge < -0.3 is 5.32 Å². The minimum absolute atomic E-state index is 0.166. The Balaban J connectivity index is 2.01. The summed E-state index contributed by atoms with van der Waals surface area (Å²) in [6, 6.07) is 14.0. The van der Waals surface area contributed by atoms with Gasteiger partial charge in [-0.25, -0.2) is 13.1 Å². The van der Waals surface area contributed by atoms with E-state index in [2.05, 4.69) is 17.0 Å². The summed E-state index contributed by atoms with van der Waals surface area (Å²) in [7, 11) is -3.59. The predicted molar refractivity (Wildman–Crippen MR) is 95.2 cm³/mol. The predicted octanol–water partition coefficient (Wildman–Crippen LogP) is 3.08. The number of sulfonamides is 1. The molecule has 128 valence electrons. The van der Waals surface area contributed by atoms with Crippen LogP contribution < -0.4 is 10.0 Å². The monoisotopic (exact) mass is 346 g/mol. The van der Waals surface area contributed by atoms with Crippen molar-refractivity contribution in [3.8, 4) is 0 Å². The number of carbonyl (C=O) groups excluding carboxylic acids is 1. The number of benzene rings is 2. The van der Waals surface area contributed by atoms with Crippen molar-refractivity contribution in [1.82, 2.24) is 4.72 Å². The third kappa shape index (κ3) is 5.18. The van der Waals surface area contributed by atoms with Crippen LogP contribution in [0.15, 0.2) is 53.4 Å². The van der Waals surface area contributed by atoms with Crippen molar-refractivity contribution in [3.63, 3.8) is 0 Å².